The third kappa shape index (κ3) is 5.04. The van der Waals surface area contributed by atoms with Gasteiger partial charge in [-0.1, -0.05) is 24.3 Å². The second-order valence-electron chi connectivity index (χ2n) is 8.11. The number of hydrogen-bond donors (Lipinski definition) is 0. The number of carbonyl (C=O) groups excluding carboxylic acids is 2. The molecule has 2 aliphatic rings. The zero-order chi connectivity index (χ0) is 20.9. The predicted molar refractivity (Wildman–Crippen MR) is 112 cm³/mol. The minimum atomic E-state index is -0.387. The average Bonchev–Trinajstić information content (AvgIpc) is 2.87. The second-order valence-corrected chi connectivity index (χ2v) is 8.11. The van der Waals surface area contributed by atoms with Crippen LogP contribution in [0.25, 0.3) is 0 Å². The van der Waals surface area contributed by atoms with Gasteiger partial charge in [0.2, 0.25) is 11.8 Å². The fourth-order valence-electron chi connectivity index (χ4n) is 4.39. The van der Waals surface area contributed by atoms with Crippen LogP contribution in [0, 0.1) is 11.2 Å². The molecule has 0 radical (unpaired) electrons. The van der Waals surface area contributed by atoms with Crippen LogP contribution in [0.4, 0.5) is 4.39 Å². The second kappa shape index (κ2) is 9.53. The maximum Gasteiger partial charge on any atom is 0.236 e. The Morgan fingerprint density at radius 3 is 2.38 bits per heavy atom. The minimum Gasteiger partial charge on any atom is -0.342 e. The van der Waals surface area contributed by atoms with Crippen LogP contribution in [0.2, 0.25) is 0 Å². The van der Waals surface area contributed by atoms with E-state index in [4.69, 9.17) is 0 Å². The van der Waals surface area contributed by atoms with Gasteiger partial charge in [0, 0.05) is 26.2 Å². The number of halogens is 1. The third-order valence-electron chi connectivity index (χ3n) is 6.32. The van der Waals surface area contributed by atoms with Gasteiger partial charge in [0.25, 0.3) is 0 Å². The van der Waals surface area contributed by atoms with Crippen molar-refractivity contribution in [2.24, 2.45) is 5.41 Å². The molecule has 0 aliphatic carbocycles. The van der Waals surface area contributed by atoms with Gasteiger partial charge in [-0.05, 0) is 63.9 Å². The van der Waals surface area contributed by atoms with Crippen molar-refractivity contribution >= 4 is 11.8 Å². The molecule has 0 saturated carbocycles. The highest BCUT2D eigenvalue weighted by Gasteiger charge is 2.43. The van der Waals surface area contributed by atoms with Gasteiger partial charge in [0.1, 0.15) is 5.82 Å². The van der Waals surface area contributed by atoms with Crippen LogP contribution >= 0.6 is 0 Å². The Morgan fingerprint density at radius 1 is 1.10 bits per heavy atom. The van der Waals surface area contributed by atoms with E-state index in [1.165, 1.54) is 12.1 Å². The number of likely N-dealkylation sites (N-methyl/N-ethyl adjacent to an activating group) is 1. The molecule has 0 aromatic heterocycles. The Morgan fingerprint density at radius 2 is 1.76 bits per heavy atom. The number of amides is 2. The largest absolute Gasteiger partial charge is 0.342 e. The Kier molecular flexibility index (Phi) is 7.06. The lowest BCUT2D eigenvalue weighted by atomic mass is 9.74. The van der Waals surface area contributed by atoms with Crippen LogP contribution in [0.15, 0.2) is 36.4 Å². The summed E-state index contributed by atoms with van der Waals surface area (Å²) in [5, 5.41) is 0. The number of allylic oxidation sites excluding steroid dienone is 1. The monoisotopic (exact) mass is 401 g/mol. The molecule has 1 saturated heterocycles. The lowest BCUT2D eigenvalue weighted by Crippen LogP contribution is -2.51. The van der Waals surface area contributed by atoms with Crippen molar-refractivity contribution in [2.75, 3.05) is 39.3 Å². The van der Waals surface area contributed by atoms with E-state index >= 15 is 0 Å². The van der Waals surface area contributed by atoms with Gasteiger partial charge in [-0.15, -0.1) is 0 Å². The molecule has 0 unspecified atom stereocenters. The van der Waals surface area contributed by atoms with Crippen molar-refractivity contribution in [1.82, 2.24) is 14.7 Å². The Hall–Kier alpha value is -2.21. The summed E-state index contributed by atoms with van der Waals surface area (Å²) in [5.74, 6) is 0.0801. The summed E-state index contributed by atoms with van der Waals surface area (Å²) in [7, 11) is 0. The van der Waals surface area contributed by atoms with Crippen LogP contribution in [-0.4, -0.2) is 65.8 Å². The number of hydrogen-bond acceptors (Lipinski definition) is 3. The van der Waals surface area contributed by atoms with Crippen LogP contribution < -0.4 is 0 Å². The maximum absolute atomic E-state index is 13.4. The van der Waals surface area contributed by atoms with Gasteiger partial charge in [-0.25, -0.2) is 4.39 Å². The molecular formula is C23H32FN3O2. The summed E-state index contributed by atoms with van der Waals surface area (Å²) in [6, 6.07) is 6.36. The average molecular weight is 402 g/mol. The summed E-state index contributed by atoms with van der Waals surface area (Å²) in [4.78, 5) is 31.8. The number of nitrogens with zero attached hydrogens (tertiary/aromatic N) is 3. The van der Waals surface area contributed by atoms with E-state index in [1.807, 2.05) is 23.6 Å². The van der Waals surface area contributed by atoms with Crippen molar-refractivity contribution in [2.45, 2.75) is 39.7 Å². The highest BCUT2D eigenvalue weighted by atomic mass is 19.1. The van der Waals surface area contributed by atoms with Crippen LogP contribution in [0.1, 0.15) is 38.7 Å². The van der Waals surface area contributed by atoms with E-state index in [2.05, 4.69) is 17.1 Å². The number of carbonyl (C=O) groups is 2. The van der Waals surface area contributed by atoms with Crippen molar-refractivity contribution in [1.29, 1.82) is 0 Å². The Bertz CT molecular complexity index is 735. The standard InChI is InChI=1S/C23H32FN3O2/c1-3-26(4-2)21(28)18-25-15-12-23(13-16-25)11-5-6-14-27(22(23)29)17-19-7-9-20(24)10-8-19/h5-10H,3-4,11-18H2,1-2H3. The summed E-state index contributed by atoms with van der Waals surface area (Å²) < 4.78 is 13.2. The van der Waals surface area contributed by atoms with Gasteiger partial charge in [-0.3, -0.25) is 14.5 Å². The summed E-state index contributed by atoms with van der Waals surface area (Å²) in [6.07, 6.45) is 6.47. The van der Waals surface area contributed by atoms with E-state index in [1.54, 1.807) is 12.1 Å². The van der Waals surface area contributed by atoms with Crippen LogP contribution in [0.3, 0.4) is 0 Å². The van der Waals surface area contributed by atoms with Crippen molar-refractivity contribution in [3.8, 4) is 0 Å². The maximum atomic E-state index is 13.4. The number of piperidine rings is 1. The zero-order valence-corrected chi connectivity index (χ0v) is 17.6. The van der Waals surface area contributed by atoms with Gasteiger partial charge in [-0.2, -0.15) is 0 Å². The van der Waals surface area contributed by atoms with E-state index < -0.39 is 0 Å². The zero-order valence-electron chi connectivity index (χ0n) is 17.6. The van der Waals surface area contributed by atoms with Gasteiger partial charge >= 0.3 is 0 Å². The molecule has 1 spiro atoms. The van der Waals surface area contributed by atoms with E-state index in [-0.39, 0.29) is 23.0 Å². The normalized spacial score (nSPS) is 19.4. The Labute approximate surface area is 173 Å². The van der Waals surface area contributed by atoms with Crippen molar-refractivity contribution in [3.63, 3.8) is 0 Å². The first-order valence-electron chi connectivity index (χ1n) is 10.7. The van der Waals surface area contributed by atoms with Gasteiger partial charge in [0.15, 0.2) is 0 Å². The highest BCUT2D eigenvalue weighted by molar-refractivity contribution is 5.84. The molecular weight excluding hydrogens is 369 g/mol. The number of rotatable bonds is 6. The highest BCUT2D eigenvalue weighted by Crippen LogP contribution is 2.39. The SMILES string of the molecule is CCN(CC)C(=O)CN1CCC2(CC=CCN(Cc3ccc(F)cc3)C2=O)CC1. The summed E-state index contributed by atoms with van der Waals surface area (Å²) in [5.41, 5.74) is 0.550. The molecule has 29 heavy (non-hydrogen) atoms. The first-order chi connectivity index (χ1) is 14.0. The number of benzene rings is 1. The molecule has 0 bridgehead atoms. The molecule has 1 fully saturated rings. The first-order valence-corrected chi connectivity index (χ1v) is 10.7. The quantitative estimate of drug-likeness (QED) is 0.688. The molecule has 5 nitrogen and oxygen atoms in total. The molecule has 1 aromatic carbocycles. The lowest BCUT2D eigenvalue weighted by Gasteiger charge is -2.42. The minimum absolute atomic E-state index is 0.163. The van der Waals surface area contributed by atoms with Crippen LogP contribution in [-0.2, 0) is 16.1 Å². The molecule has 3 rings (SSSR count). The molecule has 6 heteroatoms. The lowest BCUT2D eigenvalue weighted by molar-refractivity contribution is -0.145. The fourth-order valence-corrected chi connectivity index (χ4v) is 4.39. The smallest absolute Gasteiger partial charge is 0.236 e. The molecule has 2 amide bonds. The summed E-state index contributed by atoms with van der Waals surface area (Å²) in [6.45, 7) is 8.49. The summed E-state index contributed by atoms with van der Waals surface area (Å²) >= 11 is 0. The van der Waals surface area contributed by atoms with E-state index in [9.17, 15) is 14.0 Å². The topological polar surface area (TPSA) is 43.9 Å². The molecule has 2 heterocycles. The van der Waals surface area contributed by atoms with Gasteiger partial charge in [0.05, 0.1) is 12.0 Å². The molecule has 1 aromatic rings. The number of likely N-dealkylation sites (tertiary alicyclic amines) is 1. The molecule has 0 N–H and O–H groups in total. The van der Waals surface area contributed by atoms with Crippen molar-refractivity contribution < 1.29 is 14.0 Å². The third-order valence-corrected chi connectivity index (χ3v) is 6.32. The molecule has 0 atom stereocenters. The first kappa shape index (κ1) is 21.5. The van der Waals surface area contributed by atoms with E-state index in [0.717, 1.165) is 51.0 Å². The fraction of sp³-hybridized carbons (Fsp3) is 0.565. The predicted octanol–water partition coefficient (Wildman–Crippen LogP) is 3.06. The van der Waals surface area contributed by atoms with Gasteiger partial charge < -0.3 is 9.80 Å². The van der Waals surface area contributed by atoms with E-state index in [0.29, 0.717) is 19.6 Å². The van der Waals surface area contributed by atoms with Crippen LogP contribution in [0.5, 0.6) is 0 Å². The molecule has 158 valence electrons. The molecule has 2 aliphatic heterocycles. The van der Waals surface area contributed by atoms with Crippen molar-refractivity contribution in [3.05, 3.63) is 47.8 Å². The Balaban J connectivity index is 1.63.